The third kappa shape index (κ3) is 1.71. The highest BCUT2D eigenvalue weighted by atomic mass is 16.3. The first-order chi connectivity index (χ1) is 7.22. The smallest absolute Gasteiger partial charge is 0.115 e. The maximum atomic E-state index is 9.19. The van der Waals surface area contributed by atoms with Crippen LogP contribution in [0, 0.1) is 0 Å². The van der Waals surface area contributed by atoms with Crippen molar-refractivity contribution in [3.05, 3.63) is 36.2 Å². The molecular weight excluding hydrogens is 192 g/mol. The number of aryl methyl sites for hydroxylation is 1. The number of aromatic hydroxyl groups is 1. The van der Waals surface area contributed by atoms with Crippen molar-refractivity contribution in [2.24, 2.45) is 7.05 Å². The minimum atomic E-state index is -0.0489. The van der Waals surface area contributed by atoms with Crippen LogP contribution in [0.25, 0.3) is 11.1 Å². The molecule has 0 aliphatic carbocycles. The van der Waals surface area contributed by atoms with Gasteiger partial charge in [0.2, 0.25) is 0 Å². The summed E-state index contributed by atoms with van der Waals surface area (Å²) >= 11 is 0. The van der Waals surface area contributed by atoms with Crippen molar-refractivity contribution in [3.8, 4) is 16.9 Å². The van der Waals surface area contributed by atoms with Crippen LogP contribution in [0.15, 0.2) is 30.5 Å². The summed E-state index contributed by atoms with van der Waals surface area (Å²) in [5.41, 5.74) is 2.59. The topological polar surface area (TPSA) is 58.3 Å². The Hall–Kier alpha value is -1.81. The highest BCUT2D eigenvalue weighted by molar-refractivity contribution is 5.65. The van der Waals surface area contributed by atoms with Crippen molar-refractivity contribution in [1.82, 2.24) is 9.78 Å². The molecule has 0 atom stereocenters. The van der Waals surface area contributed by atoms with Crippen molar-refractivity contribution in [1.29, 1.82) is 0 Å². The first-order valence-electron chi connectivity index (χ1n) is 4.63. The van der Waals surface area contributed by atoms with Gasteiger partial charge in [0.05, 0.1) is 18.5 Å². The Morgan fingerprint density at radius 1 is 1.27 bits per heavy atom. The zero-order valence-electron chi connectivity index (χ0n) is 8.38. The molecule has 0 unspecified atom stereocenters. The summed E-state index contributed by atoms with van der Waals surface area (Å²) in [5.74, 6) is 0.230. The van der Waals surface area contributed by atoms with Crippen molar-refractivity contribution in [2.75, 3.05) is 0 Å². The van der Waals surface area contributed by atoms with E-state index < -0.39 is 0 Å². The normalized spacial score (nSPS) is 10.5. The number of hydrogen-bond donors (Lipinski definition) is 2. The number of nitrogens with zero attached hydrogens (tertiary/aromatic N) is 2. The fourth-order valence-electron chi connectivity index (χ4n) is 1.53. The van der Waals surface area contributed by atoms with E-state index in [1.807, 2.05) is 0 Å². The molecule has 78 valence electrons. The molecule has 0 radical (unpaired) electrons. The summed E-state index contributed by atoms with van der Waals surface area (Å²) in [7, 11) is 1.79. The number of aromatic nitrogens is 2. The SMILES string of the molecule is Cn1ncc(-c2ccc(O)cc2)c1CO. The zero-order chi connectivity index (χ0) is 10.8. The molecule has 1 heterocycles. The molecule has 0 aliphatic rings. The number of phenolic OH excluding ortho intramolecular Hbond substituents is 1. The van der Waals surface area contributed by atoms with Crippen LogP contribution in [0.3, 0.4) is 0 Å². The van der Waals surface area contributed by atoms with Gasteiger partial charge in [0, 0.05) is 12.6 Å². The standard InChI is InChI=1S/C11H12N2O2/c1-13-11(7-14)10(6-12-13)8-2-4-9(15)5-3-8/h2-6,14-15H,7H2,1H3. The van der Waals surface area contributed by atoms with Gasteiger partial charge in [-0.3, -0.25) is 4.68 Å². The Kier molecular flexibility index (Phi) is 2.43. The van der Waals surface area contributed by atoms with E-state index in [9.17, 15) is 5.11 Å². The maximum Gasteiger partial charge on any atom is 0.115 e. The van der Waals surface area contributed by atoms with Crippen LogP contribution in [0.1, 0.15) is 5.69 Å². The quantitative estimate of drug-likeness (QED) is 0.774. The highest BCUT2D eigenvalue weighted by Crippen LogP contribution is 2.24. The maximum absolute atomic E-state index is 9.19. The predicted molar refractivity (Wildman–Crippen MR) is 56.2 cm³/mol. The fourth-order valence-corrected chi connectivity index (χ4v) is 1.53. The Labute approximate surface area is 87.4 Å². The third-order valence-corrected chi connectivity index (χ3v) is 2.39. The number of aliphatic hydroxyl groups is 1. The molecule has 0 saturated heterocycles. The zero-order valence-corrected chi connectivity index (χ0v) is 8.38. The third-order valence-electron chi connectivity index (χ3n) is 2.39. The van der Waals surface area contributed by atoms with Gasteiger partial charge < -0.3 is 10.2 Å². The number of phenols is 1. The molecule has 0 spiro atoms. The number of benzene rings is 1. The van der Waals surface area contributed by atoms with Crippen molar-refractivity contribution in [3.63, 3.8) is 0 Å². The van der Waals surface area contributed by atoms with Crippen LogP contribution in [0.2, 0.25) is 0 Å². The first-order valence-corrected chi connectivity index (χ1v) is 4.63. The number of rotatable bonds is 2. The Morgan fingerprint density at radius 2 is 1.93 bits per heavy atom. The van der Waals surface area contributed by atoms with Gasteiger partial charge in [0.25, 0.3) is 0 Å². The minimum Gasteiger partial charge on any atom is -0.508 e. The first kappa shape index (κ1) is 9.73. The summed E-state index contributed by atoms with van der Waals surface area (Å²) in [6.07, 6.45) is 1.71. The summed E-state index contributed by atoms with van der Waals surface area (Å²) in [4.78, 5) is 0. The Balaban J connectivity index is 2.49. The van der Waals surface area contributed by atoms with E-state index in [1.54, 1.807) is 42.2 Å². The molecule has 4 heteroatoms. The van der Waals surface area contributed by atoms with Crippen LogP contribution < -0.4 is 0 Å². The molecule has 15 heavy (non-hydrogen) atoms. The van der Waals surface area contributed by atoms with Gasteiger partial charge in [-0.1, -0.05) is 12.1 Å². The second-order valence-corrected chi connectivity index (χ2v) is 3.33. The minimum absolute atomic E-state index is 0.0489. The van der Waals surface area contributed by atoms with Crippen LogP contribution in [0.4, 0.5) is 0 Å². The van der Waals surface area contributed by atoms with Gasteiger partial charge in [0.1, 0.15) is 5.75 Å². The van der Waals surface area contributed by atoms with Gasteiger partial charge in [-0.2, -0.15) is 5.10 Å². The lowest BCUT2D eigenvalue weighted by Gasteiger charge is -2.02. The molecule has 1 aromatic heterocycles. The molecule has 0 aliphatic heterocycles. The fraction of sp³-hybridized carbons (Fsp3) is 0.182. The monoisotopic (exact) mass is 204 g/mol. The van der Waals surface area contributed by atoms with E-state index in [0.29, 0.717) is 0 Å². The van der Waals surface area contributed by atoms with E-state index in [2.05, 4.69) is 5.10 Å². The Morgan fingerprint density at radius 3 is 2.53 bits per heavy atom. The average Bonchev–Trinajstić information content (AvgIpc) is 2.61. The van der Waals surface area contributed by atoms with Gasteiger partial charge in [-0.05, 0) is 17.7 Å². The second kappa shape index (κ2) is 3.74. The second-order valence-electron chi connectivity index (χ2n) is 3.33. The van der Waals surface area contributed by atoms with Crippen LogP contribution >= 0.6 is 0 Å². The molecule has 1 aromatic carbocycles. The lowest BCUT2D eigenvalue weighted by atomic mass is 10.1. The van der Waals surface area contributed by atoms with E-state index in [-0.39, 0.29) is 12.4 Å². The molecule has 4 nitrogen and oxygen atoms in total. The molecule has 2 aromatic rings. The van der Waals surface area contributed by atoms with Gasteiger partial charge in [0.15, 0.2) is 0 Å². The Bertz CT molecular complexity index is 460. The highest BCUT2D eigenvalue weighted by Gasteiger charge is 2.08. The van der Waals surface area contributed by atoms with E-state index >= 15 is 0 Å². The summed E-state index contributed by atoms with van der Waals surface area (Å²) in [5, 5.41) is 22.4. The molecule has 0 amide bonds. The summed E-state index contributed by atoms with van der Waals surface area (Å²) < 4.78 is 1.64. The van der Waals surface area contributed by atoms with Crippen molar-refractivity contribution < 1.29 is 10.2 Å². The lowest BCUT2D eigenvalue weighted by molar-refractivity contribution is 0.271. The largest absolute Gasteiger partial charge is 0.508 e. The van der Waals surface area contributed by atoms with Gasteiger partial charge in [-0.25, -0.2) is 0 Å². The molecule has 0 saturated carbocycles. The lowest BCUT2D eigenvalue weighted by Crippen LogP contribution is -1.98. The van der Waals surface area contributed by atoms with Crippen molar-refractivity contribution in [2.45, 2.75) is 6.61 Å². The van der Waals surface area contributed by atoms with Crippen LogP contribution in [-0.2, 0) is 13.7 Å². The average molecular weight is 204 g/mol. The molecular formula is C11H12N2O2. The van der Waals surface area contributed by atoms with Crippen molar-refractivity contribution >= 4 is 0 Å². The number of hydrogen-bond acceptors (Lipinski definition) is 3. The molecule has 0 bridgehead atoms. The van der Waals surface area contributed by atoms with Crippen LogP contribution in [0.5, 0.6) is 5.75 Å². The summed E-state index contributed by atoms with van der Waals surface area (Å²) in [6, 6.07) is 6.82. The van der Waals surface area contributed by atoms with E-state index in [4.69, 9.17) is 5.11 Å². The molecule has 2 rings (SSSR count). The van der Waals surface area contributed by atoms with Gasteiger partial charge >= 0.3 is 0 Å². The van der Waals surface area contributed by atoms with E-state index in [1.165, 1.54) is 0 Å². The predicted octanol–water partition coefficient (Wildman–Crippen LogP) is 1.28. The van der Waals surface area contributed by atoms with Crippen LogP contribution in [-0.4, -0.2) is 20.0 Å². The number of aliphatic hydroxyl groups excluding tert-OH is 1. The van der Waals surface area contributed by atoms with Gasteiger partial charge in [-0.15, -0.1) is 0 Å². The summed E-state index contributed by atoms with van der Waals surface area (Å²) in [6.45, 7) is -0.0489. The molecule has 0 fully saturated rings. The van der Waals surface area contributed by atoms with E-state index in [0.717, 1.165) is 16.8 Å². The molecule has 2 N–H and O–H groups in total.